The average Bonchev–Trinajstić information content (AvgIpc) is 2.42. The van der Waals surface area contributed by atoms with E-state index in [0.717, 1.165) is 32.6 Å². The largest absolute Gasteiger partial charge is 0.466 e. The molecule has 4 nitrogen and oxygen atoms in total. The molecule has 2 fully saturated rings. The van der Waals surface area contributed by atoms with Crippen LogP contribution in [0, 0.1) is 5.92 Å². The molecule has 116 valence electrons. The summed E-state index contributed by atoms with van der Waals surface area (Å²) in [6.45, 7) is 9.10. The van der Waals surface area contributed by atoms with E-state index < -0.39 is 0 Å². The van der Waals surface area contributed by atoms with Gasteiger partial charge >= 0.3 is 5.97 Å². The fourth-order valence-electron chi connectivity index (χ4n) is 3.95. The summed E-state index contributed by atoms with van der Waals surface area (Å²) in [6, 6.07) is 0. The normalized spacial score (nSPS) is 33.0. The van der Waals surface area contributed by atoms with E-state index >= 15 is 0 Å². The van der Waals surface area contributed by atoms with E-state index in [1.165, 1.54) is 19.3 Å². The maximum absolute atomic E-state index is 12.1. The molecule has 1 heterocycles. The molecule has 20 heavy (non-hydrogen) atoms. The number of nitrogens with zero attached hydrogens (tertiary/aromatic N) is 2. The molecule has 2 aliphatic rings. The summed E-state index contributed by atoms with van der Waals surface area (Å²) in [7, 11) is 2.18. The summed E-state index contributed by atoms with van der Waals surface area (Å²) in [4.78, 5) is 17.1. The number of likely N-dealkylation sites (N-methyl/N-ethyl adjacent to an activating group) is 1. The average molecular weight is 282 g/mol. The van der Waals surface area contributed by atoms with Gasteiger partial charge in [0.1, 0.15) is 0 Å². The molecule has 0 bridgehead atoms. The molecule has 0 amide bonds. The van der Waals surface area contributed by atoms with Crippen molar-refractivity contribution in [3.63, 3.8) is 0 Å². The molecule has 1 aliphatic carbocycles. The molecule has 1 saturated heterocycles. The van der Waals surface area contributed by atoms with E-state index in [4.69, 9.17) is 4.74 Å². The highest BCUT2D eigenvalue weighted by atomic mass is 16.5. The molecule has 0 aromatic heterocycles. The maximum Gasteiger partial charge on any atom is 0.307 e. The maximum atomic E-state index is 12.1. The first-order chi connectivity index (χ1) is 9.58. The lowest BCUT2D eigenvalue weighted by molar-refractivity contribution is -0.149. The molecule has 2 atom stereocenters. The molecule has 2 rings (SSSR count). The van der Waals surface area contributed by atoms with Crippen LogP contribution in [-0.4, -0.2) is 61.1 Å². The van der Waals surface area contributed by atoms with Crippen LogP contribution in [-0.2, 0) is 9.53 Å². The summed E-state index contributed by atoms with van der Waals surface area (Å²) in [5.41, 5.74) is 0.0474. The van der Waals surface area contributed by atoms with Gasteiger partial charge in [-0.2, -0.15) is 0 Å². The van der Waals surface area contributed by atoms with Crippen LogP contribution in [0.1, 0.15) is 46.0 Å². The molecular formula is C16H30N2O2. The van der Waals surface area contributed by atoms with Gasteiger partial charge in [0.25, 0.3) is 0 Å². The first-order valence-corrected chi connectivity index (χ1v) is 8.17. The Bertz CT molecular complexity index is 326. The molecule has 1 saturated carbocycles. The predicted molar refractivity (Wildman–Crippen MR) is 80.7 cm³/mol. The Labute approximate surface area is 123 Å². The van der Waals surface area contributed by atoms with Gasteiger partial charge in [-0.3, -0.25) is 9.69 Å². The van der Waals surface area contributed by atoms with Crippen molar-refractivity contribution in [1.82, 2.24) is 9.80 Å². The molecule has 0 radical (unpaired) electrons. The van der Waals surface area contributed by atoms with Crippen molar-refractivity contribution < 1.29 is 9.53 Å². The first kappa shape index (κ1) is 15.8. The van der Waals surface area contributed by atoms with Crippen LogP contribution in [0.2, 0.25) is 0 Å². The highest BCUT2D eigenvalue weighted by Gasteiger charge is 2.45. The van der Waals surface area contributed by atoms with Crippen LogP contribution >= 0.6 is 0 Å². The fourth-order valence-corrected chi connectivity index (χ4v) is 3.95. The molecule has 1 aliphatic heterocycles. The molecule has 2 unspecified atom stereocenters. The standard InChI is InChI=1S/C16H30N2O2/c1-4-20-15(19)13-16(8-6-5-7-14(16)2)18-11-9-17(3)10-12-18/h14H,4-13H2,1-3H3. The Hall–Kier alpha value is -0.610. The molecule has 0 spiro atoms. The van der Waals surface area contributed by atoms with E-state index in [9.17, 15) is 4.79 Å². The molecule has 0 aromatic rings. The lowest BCUT2D eigenvalue weighted by Gasteiger charge is -2.52. The minimum atomic E-state index is -0.0137. The van der Waals surface area contributed by atoms with Gasteiger partial charge in [0.05, 0.1) is 13.0 Å². The second-order valence-electron chi connectivity index (χ2n) is 6.52. The number of piperazine rings is 1. The topological polar surface area (TPSA) is 32.8 Å². The van der Waals surface area contributed by atoms with E-state index in [0.29, 0.717) is 18.9 Å². The Morgan fingerprint density at radius 1 is 1.25 bits per heavy atom. The van der Waals surface area contributed by atoms with E-state index in [1.807, 2.05) is 6.92 Å². The Balaban J connectivity index is 2.12. The van der Waals surface area contributed by atoms with Crippen LogP contribution in [0.15, 0.2) is 0 Å². The smallest absolute Gasteiger partial charge is 0.307 e. The van der Waals surface area contributed by atoms with Gasteiger partial charge < -0.3 is 9.64 Å². The predicted octanol–water partition coefficient (Wildman–Crippen LogP) is 2.14. The van der Waals surface area contributed by atoms with Crippen LogP contribution in [0.5, 0.6) is 0 Å². The SMILES string of the molecule is CCOC(=O)CC1(N2CCN(C)CC2)CCCCC1C. The third kappa shape index (κ3) is 3.34. The van der Waals surface area contributed by atoms with Gasteiger partial charge in [0, 0.05) is 31.7 Å². The van der Waals surface area contributed by atoms with Gasteiger partial charge in [-0.05, 0) is 32.7 Å². The quantitative estimate of drug-likeness (QED) is 0.740. The van der Waals surface area contributed by atoms with Gasteiger partial charge in [-0.1, -0.05) is 19.8 Å². The summed E-state index contributed by atoms with van der Waals surface area (Å²) in [6.07, 6.45) is 5.52. The van der Waals surface area contributed by atoms with Crippen molar-refractivity contribution in [1.29, 1.82) is 0 Å². The lowest BCUT2D eigenvalue weighted by Crippen LogP contribution is -2.61. The van der Waals surface area contributed by atoms with Crippen LogP contribution in [0.4, 0.5) is 0 Å². The van der Waals surface area contributed by atoms with Gasteiger partial charge in [-0.15, -0.1) is 0 Å². The minimum absolute atomic E-state index is 0.0137. The number of hydrogen-bond acceptors (Lipinski definition) is 4. The van der Waals surface area contributed by atoms with Crippen molar-refractivity contribution in [3.8, 4) is 0 Å². The Morgan fingerprint density at radius 2 is 1.95 bits per heavy atom. The molecular weight excluding hydrogens is 252 g/mol. The van der Waals surface area contributed by atoms with Crippen molar-refractivity contribution in [2.45, 2.75) is 51.5 Å². The van der Waals surface area contributed by atoms with Crippen molar-refractivity contribution in [2.24, 2.45) is 5.92 Å². The zero-order chi connectivity index (χ0) is 14.6. The van der Waals surface area contributed by atoms with E-state index in [2.05, 4.69) is 23.8 Å². The third-order valence-electron chi connectivity index (χ3n) is 5.30. The van der Waals surface area contributed by atoms with Crippen molar-refractivity contribution in [2.75, 3.05) is 39.8 Å². The Morgan fingerprint density at radius 3 is 2.55 bits per heavy atom. The second-order valence-corrected chi connectivity index (χ2v) is 6.52. The lowest BCUT2D eigenvalue weighted by atomic mass is 9.70. The van der Waals surface area contributed by atoms with E-state index in [-0.39, 0.29) is 11.5 Å². The van der Waals surface area contributed by atoms with Crippen molar-refractivity contribution >= 4 is 5.97 Å². The number of carbonyl (C=O) groups is 1. The summed E-state index contributed by atoms with van der Waals surface area (Å²) < 4.78 is 5.25. The van der Waals surface area contributed by atoms with Gasteiger partial charge in [0.15, 0.2) is 0 Å². The number of carbonyl (C=O) groups excluding carboxylic acids is 1. The zero-order valence-corrected chi connectivity index (χ0v) is 13.4. The molecule has 0 aromatic carbocycles. The summed E-state index contributed by atoms with van der Waals surface area (Å²) in [5.74, 6) is 0.573. The summed E-state index contributed by atoms with van der Waals surface area (Å²) >= 11 is 0. The summed E-state index contributed by atoms with van der Waals surface area (Å²) in [5, 5.41) is 0. The Kier molecular flexibility index (Phi) is 5.44. The van der Waals surface area contributed by atoms with Gasteiger partial charge in [-0.25, -0.2) is 0 Å². The highest BCUT2D eigenvalue weighted by molar-refractivity contribution is 5.71. The van der Waals surface area contributed by atoms with E-state index in [1.54, 1.807) is 0 Å². The monoisotopic (exact) mass is 282 g/mol. The van der Waals surface area contributed by atoms with Crippen molar-refractivity contribution in [3.05, 3.63) is 0 Å². The van der Waals surface area contributed by atoms with Gasteiger partial charge in [0.2, 0.25) is 0 Å². The van der Waals surface area contributed by atoms with Crippen LogP contribution in [0.3, 0.4) is 0 Å². The second kappa shape index (κ2) is 6.90. The first-order valence-electron chi connectivity index (χ1n) is 8.17. The third-order valence-corrected chi connectivity index (χ3v) is 5.30. The van der Waals surface area contributed by atoms with Crippen LogP contribution in [0.25, 0.3) is 0 Å². The number of ether oxygens (including phenoxy) is 1. The number of esters is 1. The minimum Gasteiger partial charge on any atom is -0.466 e. The zero-order valence-electron chi connectivity index (χ0n) is 13.4. The highest BCUT2D eigenvalue weighted by Crippen LogP contribution is 2.41. The number of rotatable bonds is 4. The fraction of sp³-hybridized carbons (Fsp3) is 0.938. The number of hydrogen-bond donors (Lipinski definition) is 0. The molecule has 4 heteroatoms. The molecule has 0 N–H and O–H groups in total. The van der Waals surface area contributed by atoms with Crippen LogP contribution < -0.4 is 0 Å².